The van der Waals surface area contributed by atoms with Crippen LogP contribution in [0.25, 0.3) is 0 Å². The third-order valence-electron chi connectivity index (χ3n) is 3.04. The molecule has 2 heteroatoms. The zero-order valence-corrected chi connectivity index (χ0v) is 6.72. The molecule has 0 aromatic heterocycles. The van der Waals surface area contributed by atoms with Gasteiger partial charge in [0.15, 0.2) is 0 Å². The van der Waals surface area contributed by atoms with Crippen LogP contribution < -0.4 is 0 Å². The third kappa shape index (κ3) is 0.924. The fourth-order valence-corrected chi connectivity index (χ4v) is 2.46. The van der Waals surface area contributed by atoms with Crippen LogP contribution in [0.1, 0.15) is 19.3 Å². The highest BCUT2D eigenvalue weighted by molar-refractivity contribution is 5.13. The van der Waals surface area contributed by atoms with Crippen molar-refractivity contribution in [3.05, 3.63) is 12.7 Å². The number of fused-ring (bicyclic) bond motifs is 1. The van der Waals surface area contributed by atoms with Crippen molar-refractivity contribution in [3.8, 4) is 0 Å². The Kier molecular flexibility index (Phi) is 1.53. The van der Waals surface area contributed by atoms with Crippen molar-refractivity contribution in [2.45, 2.75) is 31.0 Å². The molecule has 1 nitrogen and oxygen atoms in total. The van der Waals surface area contributed by atoms with E-state index in [1.165, 1.54) is 6.42 Å². The van der Waals surface area contributed by atoms with Crippen LogP contribution >= 0.6 is 0 Å². The molecule has 2 aliphatic heterocycles. The standard InChI is InChI=1S/C9H14FN/c1-2-9-4-3-5-11(9)7-8(10)6-9/h2,8H,1,3-7H2/t8-,9+/m1/s1. The molecule has 0 aromatic rings. The van der Waals surface area contributed by atoms with E-state index >= 15 is 0 Å². The maximum atomic E-state index is 13.0. The summed E-state index contributed by atoms with van der Waals surface area (Å²) in [5, 5.41) is 0. The van der Waals surface area contributed by atoms with E-state index in [1.807, 2.05) is 6.08 Å². The Morgan fingerprint density at radius 1 is 1.64 bits per heavy atom. The van der Waals surface area contributed by atoms with E-state index in [1.54, 1.807) is 0 Å². The number of halogens is 1. The Balaban J connectivity index is 2.21. The minimum absolute atomic E-state index is 0.0411. The van der Waals surface area contributed by atoms with Crippen molar-refractivity contribution >= 4 is 0 Å². The number of nitrogens with zero attached hydrogens (tertiary/aromatic N) is 1. The summed E-state index contributed by atoms with van der Waals surface area (Å²) < 4.78 is 13.0. The van der Waals surface area contributed by atoms with Gasteiger partial charge in [0.2, 0.25) is 0 Å². The minimum atomic E-state index is -0.617. The van der Waals surface area contributed by atoms with Crippen LogP contribution in [-0.2, 0) is 0 Å². The molecule has 0 saturated carbocycles. The number of rotatable bonds is 1. The SMILES string of the molecule is C=C[C@@]12CCCN1C[C@H](F)C2. The van der Waals surface area contributed by atoms with Crippen LogP contribution in [0, 0.1) is 0 Å². The summed E-state index contributed by atoms with van der Waals surface area (Å²) in [5.74, 6) is 0. The molecule has 0 radical (unpaired) electrons. The Bertz CT molecular complexity index is 180. The Morgan fingerprint density at radius 3 is 3.09 bits per heavy atom. The van der Waals surface area contributed by atoms with Crippen molar-refractivity contribution in [1.29, 1.82) is 0 Å². The van der Waals surface area contributed by atoms with E-state index in [0.29, 0.717) is 13.0 Å². The molecule has 2 rings (SSSR count). The predicted octanol–water partition coefficient (Wildman–Crippen LogP) is 1.75. The molecular formula is C9H14FN. The highest BCUT2D eigenvalue weighted by atomic mass is 19.1. The van der Waals surface area contributed by atoms with Gasteiger partial charge in [0.1, 0.15) is 6.17 Å². The van der Waals surface area contributed by atoms with E-state index in [4.69, 9.17) is 0 Å². The molecule has 0 aromatic carbocycles. The average molecular weight is 155 g/mol. The molecule has 0 amide bonds. The summed E-state index contributed by atoms with van der Waals surface area (Å²) in [6.45, 7) is 5.50. The zero-order chi connectivity index (χ0) is 7.90. The Labute approximate surface area is 66.9 Å². The monoisotopic (exact) mass is 155 g/mol. The summed E-state index contributed by atoms with van der Waals surface area (Å²) in [7, 11) is 0. The predicted molar refractivity (Wildman–Crippen MR) is 43.2 cm³/mol. The second-order valence-corrected chi connectivity index (χ2v) is 3.66. The number of hydrogen-bond acceptors (Lipinski definition) is 1. The van der Waals surface area contributed by atoms with Gasteiger partial charge >= 0.3 is 0 Å². The van der Waals surface area contributed by atoms with Gasteiger partial charge in [-0.1, -0.05) is 6.08 Å². The molecule has 0 spiro atoms. The van der Waals surface area contributed by atoms with Gasteiger partial charge in [-0.3, -0.25) is 4.90 Å². The van der Waals surface area contributed by atoms with Crippen molar-refractivity contribution in [2.24, 2.45) is 0 Å². The van der Waals surface area contributed by atoms with Crippen LogP contribution in [-0.4, -0.2) is 29.7 Å². The quantitative estimate of drug-likeness (QED) is 0.521. The van der Waals surface area contributed by atoms with Gasteiger partial charge in [-0.25, -0.2) is 4.39 Å². The molecule has 0 aliphatic carbocycles. The van der Waals surface area contributed by atoms with Crippen molar-refractivity contribution in [2.75, 3.05) is 13.1 Å². The van der Waals surface area contributed by atoms with E-state index in [0.717, 1.165) is 13.0 Å². The first kappa shape index (κ1) is 7.29. The highest BCUT2D eigenvalue weighted by Gasteiger charge is 2.46. The molecule has 0 N–H and O–H groups in total. The summed E-state index contributed by atoms with van der Waals surface area (Å²) in [4.78, 5) is 2.24. The second-order valence-electron chi connectivity index (χ2n) is 3.66. The third-order valence-corrected chi connectivity index (χ3v) is 3.04. The van der Waals surface area contributed by atoms with E-state index < -0.39 is 6.17 Å². The molecule has 62 valence electrons. The van der Waals surface area contributed by atoms with E-state index in [9.17, 15) is 4.39 Å². The largest absolute Gasteiger partial charge is 0.291 e. The zero-order valence-electron chi connectivity index (χ0n) is 6.72. The lowest BCUT2D eigenvalue weighted by Crippen LogP contribution is -2.35. The summed E-state index contributed by atoms with van der Waals surface area (Å²) in [6.07, 6.45) is 4.32. The topological polar surface area (TPSA) is 3.24 Å². The van der Waals surface area contributed by atoms with Gasteiger partial charge in [-0.2, -0.15) is 0 Å². The molecule has 2 aliphatic rings. The smallest absolute Gasteiger partial charge is 0.115 e. The molecule has 0 unspecified atom stereocenters. The normalized spacial score (nSPS) is 44.3. The van der Waals surface area contributed by atoms with Crippen molar-refractivity contribution in [3.63, 3.8) is 0 Å². The molecular weight excluding hydrogens is 141 g/mol. The van der Waals surface area contributed by atoms with Gasteiger partial charge in [-0.15, -0.1) is 6.58 Å². The van der Waals surface area contributed by atoms with Crippen LogP contribution in [0.3, 0.4) is 0 Å². The number of alkyl halides is 1. The van der Waals surface area contributed by atoms with Gasteiger partial charge < -0.3 is 0 Å². The lowest BCUT2D eigenvalue weighted by molar-refractivity contribution is 0.247. The van der Waals surface area contributed by atoms with Crippen LogP contribution in [0.15, 0.2) is 12.7 Å². The highest BCUT2D eigenvalue weighted by Crippen LogP contribution is 2.40. The van der Waals surface area contributed by atoms with Crippen LogP contribution in [0.5, 0.6) is 0 Å². The van der Waals surface area contributed by atoms with Gasteiger partial charge in [0, 0.05) is 18.5 Å². The minimum Gasteiger partial charge on any atom is -0.291 e. The fourth-order valence-electron chi connectivity index (χ4n) is 2.46. The summed E-state index contributed by atoms with van der Waals surface area (Å²) >= 11 is 0. The average Bonchev–Trinajstić information content (AvgIpc) is 2.43. The van der Waals surface area contributed by atoms with Gasteiger partial charge in [0.05, 0.1) is 0 Å². The first-order chi connectivity index (χ1) is 5.27. The van der Waals surface area contributed by atoms with Crippen LogP contribution in [0.2, 0.25) is 0 Å². The lowest BCUT2D eigenvalue weighted by atomic mass is 9.94. The van der Waals surface area contributed by atoms with E-state index in [2.05, 4.69) is 11.5 Å². The molecule has 0 bridgehead atoms. The second kappa shape index (κ2) is 2.31. The molecule has 11 heavy (non-hydrogen) atoms. The van der Waals surface area contributed by atoms with Gasteiger partial charge in [0.25, 0.3) is 0 Å². The number of hydrogen-bond donors (Lipinski definition) is 0. The van der Waals surface area contributed by atoms with E-state index in [-0.39, 0.29) is 5.54 Å². The molecule has 2 fully saturated rings. The molecule has 2 atom stereocenters. The summed E-state index contributed by atoms with van der Waals surface area (Å²) in [6, 6.07) is 0. The lowest BCUT2D eigenvalue weighted by Gasteiger charge is -2.27. The van der Waals surface area contributed by atoms with Crippen molar-refractivity contribution in [1.82, 2.24) is 4.90 Å². The fraction of sp³-hybridized carbons (Fsp3) is 0.778. The maximum Gasteiger partial charge on any atom is 0.115 e. The first-order valence-electron chi connectivity index (χ1n) is 4.29. The molecule has 2 heterocycles. The summed E-state index contributed by atoms with van der Waals surface area (Å²) in [5.41, 5.74) is 0.0411. The first-order valence-corrected chi connectivity index (χ1v) is 4.29. The van der Waals surface area contributed by atoms with Crippen LogP contribution in [0.4, 0.5) is 4.39 Å². The van der Waals surface area contributed by atoms with Crippen molar-refractivity contribution < 1.29 is 4.39 Å². The Morgan fingerprint density at radius 2 is 2.45 bits per heavy atom. The molecule has 2 saturated heterocycles. The maximum absolute atomic E-state index is 13.0. The Hall–Kier alpha value is -0.370. The van der Waals surface area contributed by atoms with Gasteiger partial charge in [-0.05, 0) is 19.4 Å².